The monoisotopic (exact) mass is 364 g/mol. The Labute approximate surface area is 147 Å². The first-order valence-electron chi connectivity index (χ1n) is 8.06. The van der Waals surface area contributed by atoms with Gasteiger partial charge in [-0.2, -0.15) is 4.31 Å². The van der Waals surface area contributed by atoms with E-state index < -0.39 is 15.8 Å². The van der Waals surface area contributed by atoms with Crippen molar-refractivity contribution in [3.8, 4) is 5.75 Å². The van der Waals surface area contributed by atoms with Crippen LogP contribution in [-0.2, 0) is 10.0 Å². The van der Waals surface area contributed by atoms with Crippen LogP contribution in [0.1, 0.15) is 11.5 Å². The molecular weight excluding hydrogens is 343 g/mol. The lowest BCUT2D eigenvalue weighted by Crippen LogP contribution is -2.30. The van der Waals surface area contributed by atoms with Crippen molar-refractivity contribution in [3.63, 3.8) is 0 Å². The van der Waals surface area contributed by atoms with Crippen molar-refractivity contribution in [2.75, 3.05) is 26.7 Å². The molecule has 2 aromatic carbocycles. The van der Waals surface area contributed by atoms with Gasteiger partial charge < -0.3 is 10.5 Å². The van der Waals surface area contributed by atoms with Crippen LogP contribution in [0.4, 0.5) is 4.39 Å². The largest absolute Gasteiger partial charge is 0.494 e. The van der Waals surface area contributed by atoms with Crippen LogP contribution < -0.4 is 10.5 Å². The predicted molar refractivity (Wildman–Crippen MR) is 93.4 cm³/mol. The minimum atomic E-state index is -3.74. The molecule has 2 aromatic rings. The lowest BCUT2D eigenvalue weighted by atomic mass is 9.89. The summed E-state index contributed by atoms with van der Waals surface area (Å²) in [6.45, 7) is 1.10. The van der Waals surface area contributed by atoms with E-state index in [0.29, 0.717) is 19.6 Å². The number of nitrogens with zero attached hydrogens (tertiary/aromatic N) is 1. The summed E-state index contributed by atoms with van der Waals surface area (Å²) >= 11 is 0. The number of benzene rings is 2. The van der Waals surface area contributed by atoms with Gasteiger partial charge in [0.15, 0.2) is 11.6 Å². The van der Waals surface area contributed by atoms with Crippen LogP contribution in [-0.4, -0.2) is 39.5 Å². The number of halogens is 1. The van der Waals surface area contributed by atoms with E-state index in [0.717, 1.165) is 11.6 Å². The number of sulfonamides is 1. The molecule has 0 spiro atoms. The van der Waals surface area contributed by atoms with Crippen molar-refractivity contribution in [3.05, 3.63) is 59.9 Å². The van der Waals surface area contributed by atoms with Crippen molar-refractivity contribution in [2.45, 2.75) is 10.8 Å². The Bertz CT molecular complexity index is 843. The second kappa shape index (κ2) is 7.11. The average molecular weight is 364 g/mol. The standard InChI is InChI=1S/C18H21FN2O3S/c1-24-18-9-15(7-8-17(18)19)25(22,23)21-11-14(10-20)16(12-21)13-5-3-2-4-6-13/h2-9,14,16H,10-12,20H2,1H3/t14-,16+/m1/s1. The number of ether oxygens (including phenoxy) is 1. The van der Waals surface area contributed by atoms with E-state index in [1.54, 1.807) is 0 Å². The van der Waals surface area contributed by atoms with Gasteiger partial charge in [-0.25, -0.2) is 12.8 Å². The summed E-state index contributed by atoms with van der Waals surface area (Å²) in [5.74, 6) is -0.594. The van der Waals surface area contributed by atoms with E-state index in [1.807, 2.05) is 30.3 Å². The van der Waals surface area contributed by atoms with E-state index in [-0.39, 0.29) is 22.5 Å². The van der Waals surface area contributed by atoms with Gasteiger partial charge in [-0.05, 0) is 30.2 Å². The third-order valence-corrected chi connectivity index (χ3v) is 6.53. The van der Waals surface area contributed by atoms with Gasteiger partial charge in [0.2, 0.25) is 10.0 Å². The van der Waals surface area contributed by atoms with Gasteiger partial charge in [0.25, 0.3) is 0 Å². The molecule has 0 aromatic heterocycles. The third-order valence-electron chi connectivity index (χ3n) is 4.70. The highest BCUT2D eigenvalue weighted by molar-refractivity contribution is 7.89. The molecule has 25 heavy (non-hydrogen) atoms. The molecule has 7 heteroatoms. The highest BCUT2D eigenvalue weighted by Gasteiger charge is 2.39. The van der Waals surface area contributed by atoms with Crippen molar-refractivity contribution in [1.82, 2.24) is 4.31 Å². The topological polar surface area (TPSA) is 72.6 Å². The van der Waals surface area contributed by atoms with E-state index in [4.69, 9.17) is 10.5 Å². The highest BCUT2D eigenvalue weighted by atomic mass is 32.2. The second-order valence-electron chi connectivity index (χ2n) is 6.13. The molecule has 1 aliphatic heterocycles. The van der Waals surface area contributed by atoms with E-state index in [2.05, 4.69) is 0 Å². The van der Waals surface area contributed by atoms with Crippen LogP contribution in [0.3, 0.4) is 0 Å². The van der Waals surface area contributed by atoms with E-state index in [1.165, 1.54) is 23.5 Å². The number of rotatable bonds is 5. The molecule has 3 rings (SSSR count). The van der Waals surface area contributed by atoms with Crippen molar-refractivity contribution >= 4 is 10.0 Å². The molecule has 0 saturated carbocycles. The third kappa shape index (κ3) is 3.40. The van der Waals surface area contributed by atoms with Crippen LogP contribution in [0.25, 0.3) is 0 Å². The summed E-state index contributed by atoms with van der Waals surface area (Å²) in [7, 11) is -2.43. The summed E-state index contributed by atoms with van der Waals surface area (Å²) in [5, 5.41) is 0. The van der Waals surface area contributed by atoms with Crippen LogP contribution >= 0.6 is 0 Å². The summed E-state index contributed by atoms with van der Waals surface area (Å²) in [4.78, 5) is 0.0234. The molecule has 0 bridgehead atoms. The predicted octanol–water partition coefficient (Wildman–Crippen LogP) is 2.20. The summed E-state index contributed by atoms with van der Waals surface area (Å²) in [5.41, 5.74) is 6.96. The lowest BCUT2D eigenvalue weighted by Gasteiger charge is -2.17. The fourth-order valence-electron chi connectivity index (χ4n) is 3.29. The molecule has 1 heterocycles. The van der Waals surface area contributed by atoms with Crippen molar-refractivity contribution < 1.29 is 17.5 Å². The Morgan fingerprint density at radius 1 is 1.20 bits per heavy atom. The minimum absolute atomic E-state index is 0.0234. The maximum Gasteiger partial charge on any atom is 0.243 e. The zero-order chi connectivity index (χ0) is 18.0. The molecule has 5 nitrogen and oxygen atoms in total. The Morgan fingerprint density at radius 3 is 2.56 bits per heavy atom. The van der Waals surface area contributed by atoms with E-state index >= 15 is 0 Å². The maximum absolute atomic E-state index is 13.6. The van der Waals surface area contributed by atoms with Crippen molar-refractivity contribution in [1.29, 1.82) is 0 Å². The van der Waals surface area contributed by atoms with E-state index in [9.17, 15) is 12.8 Å². The number of methoxy groups -OCH3 is 1. The molecule has 0 aliphatic carbocycles. The van der Waals surface area contributed by atoms with Gasteiger partial charge in [0.1, 0.15) is 0 Å². The average Bonchev–Trinajstić information content (AvgIpc) is 3.08. The number of nitrogens with two attached hydrogens (primary N) is 1. The zero-order valence-corrected chi connectivity index (χ0v) is 14.7. The van der Waals surface area contributed by atoms with Crippen LogP contribution in [0.15, 0.2) is 53.4 Å². The molecule has 1 fully saturated rings. The summed E-state index contributed by atoms with van der Waals surface area (Å²) in [6.07, 6.45) is 0. The molecule has 2 atom stereocenters. The minimum Gasteiger partial charge on any atom is -0.494 e. The second-order valence-corrected chi connectivity index (χ2v) is 8.07. The summed E-state index contributed by atoms with van der Waals surface area (Å²) < 4.78 is 45.8. The Morgan fingerprint density at radius 2 is 1.92 bits per heavy atom. The molecule has 0 unspecified atom stereocenters. The SMILES string of the molecule is COc1cc(S(=O)(=O)N2C[C@@H](CN)[C@H](c3ccccc3)C2)ccc1F. The van der Waals surface area contributed by atoms with Gasteiger partial charge >= 0.3 is 0 Å². The summed E-state index contributed by atoms with van der Waals surface area (Å²) in [6, 6.07) is 13.4. The maximum atomic E-state index is 13.6. The Hall–Kier alpha value is -1.96. The van der Waals surface area contributed by atoms with Gasteiger partial charge in [-0.3, -0.25) is 0 Å². The van der Waals surface area contributed by atoms with Gasteiger partial charge in [-0.15, -0.1) is 0 Å². The van der Waals surface area contributed by atoms with Crippen LogP contribution in [0.5, 0.6) is 5.75 Å². The smallest absolute Gasteiger partial charge is 0.243 e. The first-order chi connectivity index (χ1) is 12.0. The van der Waals surface area contributed by atoms with Gasteiger partial charge in [-0.1, -0.05) is 30.3 Å². The molecule has 0 radical (unpaired) electrons. The molecule has 1 saturated heterocycles. The molecule has 1 aliphatic rings. The molecule has 2 N–H and O–H groups in total. The number of hydrogen-bond donors (Lipinski definition) is 1. The van der Waals surface area contributed by atoms with Gasteiger partial charge in [0.05, 0.1) is 12.0 Å². The Balaban J connectivity index is 1.91. The lowest BCUT2D eigenvalue weighted by molar-refractivity contribution is 0.384. The first kappa shape index (κ1) is 17.8. The quantitative estimate of drug-likeness (QED) is 0.883. The van der Waals surface area contributed by atoms with Crippen molar-refractivity contribution in [2.24, 2.45) is 11.7 Å². The normalized spacial score (nSPS) is 21.4. The first-order valence-corrected chi connectivity index (χ1v) is 9.50. The molecular formula is C18H21FN2O3S. The fourth-order valence-corrected chi connectivity index (χ4v) is 4.83. The molecule has 0 amide bonds. The molecule has 134 valence electrons. The van der Waals surface area contributed by atoms with Crippen LogP contribution in [0.2, 0.25) is 0 Å². The van der Waals surface area contributed by atoms with Crippen LogP contribution in [0, 0.1) is 11.7 Å². The Kier molecular flexibility index (Phi) is 5.08. The fraction of sp³-hybridized carbons (Fsp3) is 0.333. The zero-order valence-electron chi connectivity index (χ0n) is 13.9. The number of hydrogen-bond acceptors (Lipinski definition) is 4. The van der Waals surface area contributed by atoms with Gasteiger partial charge in [0, 0.05) is 25.1 Å². The highest BCUT2D eigenvalue weighted by Crippen LogP contribution is 2.35.